The molecule has 0 spiro atoms. The van der Waals surface area contributed by atoms with Gasteiger partial charge < -0.3 is 24.3 Å². The average molecular weight is 497 g/mol. The summed E-state index contributed by atoms with van der Waals surface area (Å²) >= 11 is 1.58. The highest BCUT2D eigenvalue weighted by Gasteiger charge is 2.18. The van der Waals surface area contributed by atoms with E-state index in [2.05, 4.69) is 44.6 Å². The molecular weight excluding hydrogens is 472 g/mol. The second-order valence-corrected chi connectivity index (χ2v) is 9.33. The molecule has 3 aromatic carbocycles. The maximum Gasteiger partial charge on any atom is 0.262 e. The Morgan fingerprint density at radius 3 is 2.89 bits per heavy atom. The van der Waals surface area contributed by atoms with Crippen LogP contribution in [0.1, 0.15) is 5.56 Å². The van der Waals surface area contributed by atoms with Crippen LogP contribution in [0.2, 0.25) is 0 Å². The number of hydrogen-bond acceptors (Lipinski definition) is 5. The van der Waals surface area contributed by atoms with Crippen molar-refractivity contribution in [1.82, 2.24) is 9.55 Å². The molecule has 1 amide bonds. The lowest BCUT2D eigenvalue weighted by Gasteiger charge is -2.19. The van der Waals surface area contributed by atoms with E-state index in [1.807, 2.05) is 48.5 Å². The first kappa shape index (κ1) is 22.2. The first-order valence-corrected chi connectivity index (χ1v) is 12.6. The molecule has 0 saturated carbocycles. The Morgan fingerprint density at radius 1 is 1.11 bits per heavy atom. The molecule has 0 bridgehead atoms. The van der Waals surface area contributed by atoms with Crippen molar-refractivity contribution in [2.45, 2.75) is 13.0 Å². The number of H-pyrrole nitrogens is 1. The molecule has 0 atom stereocenters. The summed E-state index contributed by atoms with van der Waals surface area (Å²) in [6, 6.07) is 22.0. The number of para-hydroxylation sites is 3. The number of thiazole rings is 1. The Morgan fingerprint density at radius 2 is 1.97 bits per heavy atom. The van der Waals surface area contributed by atoms with Gasteiger partial charge in [-0.05, 0) is 48.4 Å². The zero-order valence-electron chi connectivity index (χ0n) is 19.7. The van der Waals surface area contributed by atoms with Crippen LogP contribution in [0.5, 0.6) is 11.5 Å². The second-order valence-electron chi connectivity index (χ2n) is 8.50. The molecule has 0 aliphatic carbocycles. The first-order chi connectivity index (χ1) is 17.7. The first-order valence-electron chi connectivity index (χ1n) is 11.7. The Kier molecular flexibility index (Phi) is 5.79. The number of methoxy groups -OCH3 is 1. The number of carbonyl (C=O) groups is 1. The van der Waals surface area contributed by atoms with Gasteiger partial charge >= 0.3 is 0 Å². The third kappa shape index (κ3) is 4.16. The van der Waals surface area contributed by atoms with Crippen LogP contribution in [-0.4, -0.2) is 29.2 Å². The molecule has 5 aromatic rings. The number of nitrogens with one attached hydrogen (secondary N) is 2. The minimum Gasteiger partial charge on any atom is -0.494 e. The average Bonchev–Trinajstić information content (AvgIpc) is 3.51. The van der Waals surface area contributed by atoms with Crippen molar-refractivity contribution in [2.24, 2.45) is 4.99 Å². The van der Waals surface area contributed by atoms with Crippen LogP contribution in [0.4, 0.5) is 11.4 Å². The van der Waals surface area contributed by atoms with Crippen LogP contribution < -0.4 is 19.6 Å². The SMILES string of the molecule is COc1ccccc1N=c1scc(-c2ccc3c(c2)NC(=O)CO3)n1CCc1c[nH]c2ccccc12. The molecule has 36 heavy (non-hydrogen) atoms. The number of benzene rings is 3. The van der Waals surface area contributed by atoms with Gasteiger partial charge in [-0.25, -0.2) is 4.99 Å². The van der Waals surface area contributed by atoms with Gasteiger partial charge in [0.25, 0.3) is 5.91 Å². The molecule has 180 valence electrons. The van der Waals surface area contributed by atoms with Gasteiger partial charge in [0.15, 0.2) is 11.4 Å². The lowest BCUT2D eigenvalue weighted by molar-refractivity contribution is -0.118. The Hall–Kier alpha value is -4.30. The zero-order valence-corrected chi connectivity index (χ0v) is 20.5. The summed E-state index contributed by atoms with van der Waals surface area (Å²) in [5.41, 5.74) is 5.85. The van der Waals surface area contributed by atoms with E-state index in [-0.39, 0.29) is 12.5 Å². The van der Waals surface area contributed by atoms with E-state index in [9.17, 15) is 4.79 Å². The summed E-state index contributed by atoms with van der Waals surface area (Å²) < 4.78 is 13.3. The smallest absolute Gasteiger partial charge is 0.262 e. The molecule has 0 radical (unpaired) electrons. The number of anilines is 1. The highest BCUT2D eigenvalue weighted by atomic mass is 32.1. The molecule has 2 aromatic heterocycles. The molecule has 6 rings (SSSR count). The maximum atomic E-state index is 11.9. The fourth-order valence-electron chi connectivity index (χ4n) is 4.50. The van der Waals surface area contributed by atoms with Crippen molar-refractivity contribution in [1.29, 1.82) is 0 Å². The summed E-state index contributed by atoms with van der Waals surface area (Å²) in [5.74, 6) is 1.26. The number of carbonyl (C=O) groups excluding carboxylic acids is 1. The van der Waals surface area contributed by atoms with Gasteiger partial charge in [-0.3, -0.25) is 4.79 Å². The van der Waals surface area contributed by atoms with Crippen LogP contribution in [-0.2, 0) is 17.8 Å². The fraction of sp³-hybridized carbons (Fsp3) is 0.143. The topological polar surface area (TPSA) is 80.6 Å². The van der Waals surface area contributed by atoms with E-state index >= 15 is 0 Å². The number of ether oxygens (including phenoxy) is 2. The van der Waals surface area contributed by atoms with Crippen molar-refractivity contribution in [2.75, 3.05) is 19.0 Å². The highest BCUT2D eigenvalue weighted by Crippen LogP contribution is 2.33. The van der Waals surface area contributed by atoms with Gasteiger partial charge in [-0.15, -0.1) is 11.3 Å². The Labute approximate surface area is 211 Å². The molecule has 8 heteroatoms. The van der Waals surface area contributed by atoms with Crippen molar-refractivity contribution in [3.63, 3.8) is 0 Å². The summed E-state index contributed by atoms with van der Waals surface area (Å²) in [5, 5.41) is 6.25. The van der Waals surface area contributed by atoms with Gasteiger partial charge in [-0.1, -0.05) is 30.3 Å². The number of rotatable bonds is 6. The van der Waals surface area contributed by atoms with Crippen LogP contribution in [0, 0.1) is 0 Å². The number of amides is 1. The third-order valence-corrected chi connectivity index (χ3v) is 7.15. The molecule has 3 heterocycles. The maximum absolute atomic E-state index is 11.9. The fourth-order valence-corrected chi connectivity index (χ4v) is 5.45. The number of nitrogens with zero attached hydrogens (tertiary/aromatic N) is 2. The van der Waals surface area contributed by atoms with Crippen LogP contribution >= 0.6 is 11.3 Å². The molecule has 0 unspecified atom stereocenters. The standard InChI is InChI=1S/C28H24N4O3S/c1-34-25-9-5-4-8-22(25)31-28-32(13-12-19-15-29-21-7-3-2-6-20(19)21)24(17-36-28)18-10-11-26-23(14-18)30-27(33)16-35-26/h2-11,14-15,17,29H,12-13,16H2,1H3,(H,30,33). The van der Waals surface area contributed by atoms with E-state index < -0.39 is 0 Å². The normalized spacial score (nSPS) is 13.4. The van der Waals surface area contributed by atoms with Crippen molar-refractivity contribution in [3.05, 3.63) is 88.7 Å². The third-order valence-electron chi connectivity index (χ3n) is 6.29. The van der Waals surface area contributed by atoms with Gasteiger partial charge in [0.05, 0.1) is 18.5 Å². The van der Waals surface area contributed by atoms with Gasteiger partial charge in [-0.2, -0.15) is 0 Å². The lowest BCUT2D eigenvalue weighted by Crippen LogP contribution is -2.25. The van der Waals surface area contributed by atoms with E-state index in [0.717, 1.165) is 46.0 Å². The summed E-state index contributed by atoms with van der Waals surface area (Å²) in [4.78, 5) is 21.1. The van der Waals surface area contributed by atoms with Crippen molar-refractivity contribution in [3.8, 4) is 22.8 Å². The molecule has 0 saturated heterocycles. The van der Waals surface area contributed by atoms with Gasteiger partial charge in [0.2, 0.25) is 0 Å². The van der Waals surface area contributed by atoms with Crippen LogP contribution in [0.15, 0.2) is 83.3 Å². The number of aromatic amines is 1. The number of fused-ring (bicyclic) bond motifs is 2. The van der Waals surface area contributed by atoms with Crippen LogP contribution in [0.3, 0.4) is 0 Å². The lowest BCUT2D eigenvalue weighted by atomic mass is 10.1. The Balaban J connectivity index is 1.44. The highest BCUT2D eigenvalue weighted by molar-refractivity contribution is 7.07. The number of hydrogen-bond donors (Lipinski definition) is 2. The van der Waals surface area contributed by atoms with Crippen molar-refractivity contribution >= 4 is 39.5 Å². The van der Waals surface area contributed by atoms with Crippen molar-refractivity contribution < 1.29 is 14.3 Å². The molecule has 1 aliphatic rings. The quantitative estimate of drug-likeness (QED) is 0.325. The predicted molar refractivity (Wildman–Crippen MR) is 142 cm³/mol. The number of aromatic nitrogens is 2. The molecule has 2 N–H and O–H groups in total. The molecule has 0 fully saturated rings. The minimum absolute atomic E-state index is 0.0390. The van der Waals surface area contributed by atoms with E-state index in [1.54, 1.807) is 18.4 Å². The molecule has 7 nitrogen and oxygen atoms in total. The van der Waals surface area contributed by atoms with Gasteiger partial charge in [0.1, 0.15) is 17.2 Å². The van der Waals surface area contributed by atoms with E-state index in [0.29, 0.717) is 11.4 Å². The second kappa shape index (κ2) is 9.39. The predicted octanol–water partition coefficient (Wildman–Crippen LogP) is 5.51. The monoisotopic (exact) mass is 496 g/mol. The summed E-state index contributed by atoms with van der Waals surface area (Å²) in [6.45, 7) is 0.770. The largest absolute Gasteiger partial charge is 0.494 e. The minimum atomic E-state index is -0.149. The summed E-state index contributed by atoms with van der Waals surface area (Å²) in [6.07, 6.45) is 2.91. The number of aryl methyl sites for hydroxylation is 1. The van der Waals surface area contributed by atoms with Gasteiger partial charge in [0, 0.05) is 34.6 Å². The van der Waals surface area contributed by atoms with E-state index in [4.69, 9.17) is 14.5 Å². The summed E-state index contributed by atoms with van der Waals surface area (Å²) in [7, 11) is 1.66. The van der Waals surface area contributed by atoms with Crippen LogP contribution in [0.25, 0.3) is 22.2 Å². The van der Waals surface area contributed by atoms with E-state index in [1.165, 1.54) is 10.9 Å². The zero-order chi connectivity index (χ0) is 24.5. The molecule has 1 aliphatic heterocycles. The molecular formula is C28H24N4O3S. The Bertz CT molecular complexity index is 1650.